The monoisotopic (exact) mass is 279 g/mol. The van der Waals surface area contributed by atoms with Crippen molar-refractivity contribution in [1.29, 1.82) is 0 Å². The van der Waals surface area contributed by atoms with Crippen molar-refractivity contribution < 1.29 is 18.3 Å². The summed E-state index contributed by atoms with van der Waals surface area (Å²) in [4.78, 5) is 11.2. The van der Waals surface area contributed by atoms with Gasteiger partial charge in [0.05, 0.1) is 12.6 Å². The zero-order valence-corrected chi connectivity index (χ0v) is 11.0. The van der Waals surface area contributed by atoms with Crippen molar-refractivity contribution in [3.05, 3.63) is 35.1 Å². The summed E-state index contributed by atoms with van der Waals surface area (Å²) in [6.45, 7) is 3.35. The topological polar surface area (TPSA) is 52.3 Å². The number of carbonyl (C=O) groups excluding carboxylic acids is 1. The second-order valence-electron chi connectivity index (χ2n) is 3.70. The first kappa shape index (κ1) is 16.8. The van der Waals surface area contributed by atoms with Gasteiger partial charge in [0.1, 0.15) is 5.82 Å². The van der Waals surface area contributed by atoms with E-state index in [1.165, 1.54) is 12.1 Å². The van der Waals surface area contributed by atoms with Crippen LogP contribution in [0.25, 0.3) is 0 Å². The number of hydrogen-bond acceptors (Lipinski definition) is 3. The van der Waals surface area contributed by atoms with Crippen LogP contribution in [0.4, 0.5) is 8.78 Å². The van der Waals surface area contributed by atoms with Gasteiger partial charge in [-0.3, -0.25) is 0 Å². The Hall–Kier alpha value is -1.20. The molecule has 2 N–H and O–H groups in total. The minimum Gasteiger partial charge on any atom is -0.464 e. The van der Waals surface area contributed by atoms with E-state index in [4.69, 9.17) is 5.73 Å². The highest BCUT2D eigenvalue weighted by Crippen LogP contribution is 2.22. The highest BCUT2D eigenvalue weighted by molar-refractivity contribution is 5.85. The third-order valence-corrected chi connectivity index (χ3v) is 2.34. The number of esters is 1. The summed E-state index contributed by atoms with van der Waals surface area (Å²) in [5.74, 6) is -1.70. The third kappa shape index (κ3) is 3.92. The van der Waals surface area contributed by atoms with E-state index in [1.54, 1.807) is 19.9 Å². The van der Waals surface area contributed by atoms with Gasteiger partial charge in [-0.15, -0.1) is 12.4 Å². The molecule has 0 amide bonds. The van der Waals surface area contributed by atoms with Crippen LogP contribution < -0.4 is 5.73 Å². The maximum Gasteiger partial charge on any atom is 0.342 e. The van der Waals surface area contributed by atoms with Crippen molar-refractivity contribution in [1.82, 2.24) is 0 Å². The van der Waals surface area contributed by atoms with Gasteiger partial charge in [-0.25, -0.2) is 13.6 Å². The predicted octanol–water partition coefficient (Wildman–Crippen LogP) is 2.46. The Balaban J connectivity index is 0.00000289. The Morgan fingerprint density at radius 3 is 2.67 bits per heavy atom. The standard InChI is InChI=1S/C12H15F2NO2.ClH/c1-3-17-12(16)10(14)11(15)8-6-7(2)4-5-9(8)13;/h4-6,10-11H,3,15H2,1-2H3;1H/t10?,11-;/m0./s1. The summed E-state index contributed by atoms with van der Waals surface area (Å²) in [5, 5.41) is 0. The molecule has 0 aliphatic carbocycles. The average molecular weight is 280 g/mol. The summed E-state index contributed by atoms with van der Waals surface area (Å²) in [5.41, 5.74) is 6.24. The Morgan fingerprint density at radius 2 is 2.11 bits per heavy atom. The van der Waals surface area contributed by atoms with Gasteiger partial charge in [-0.05, 0) is 19.9 Å². The number of hydrogen-bond donors (Lipinski definition) is 1. The van der Waals surface area contributed by atoms with E-state index in [0.29, 0.717) is 0 Å². The quantitative estimate of drug-likeness (QED) is 0.862. The fourth-order valence-corrected chi connectivity index (χ4v) is 1.44. The van der Waals surface area contributed by atoms with Gasteiger partial charge in [-0.2, -0.15) is 0 Å². The maximum atomic E-state index is 13.6. The van der Waals surface area contributed by atoms with Gasteiger partial charge < -0.3 is 10.5 Å². The van der Waals surface area contributed by atoms with Crippen LogP contribution in [-0.4, -0.2) is 18.7 Å². The van der Waals surface area contributed by atoms with Crippen molar-refractivity contribution in [2.45, 2.75) is 26.1 Å². The summed E-state index contributed by atoms with van der Waals surface area (Å²) in [7, 11) is 0. The van der Waals surface area contributed by atoms with Gasteiger partial charge in [0.25, 0.3) is 0 Å². The first-order valence-electron chi connectivity index (χ1n) is 5.29. The van der Waals surface area contributed by atoms with Crippen LogP contribution in [0.15, 0.2) is 18.2 Å². The SMILES string of the molecule is CCOC(=O)C(F)[C@@H](N)c1cc(C)ccc1F.Cl. The minimum atomic E-state index is -2.06. The lowest BCUT2D eigenvalue weighted by atomic mass is 10.0. The van der Waals surface area contributed by atoms with Crippen molar-refractivity contribution in [3.63, 3.8) is 0 Å². The van der Waals surface area contributed by atoms with Gasteiger partial charge in [0.2, 0.25) is 6.17 Å². The van der Waals surface area contributed by atoms with Gasteiger partial charge >= 0.3 is 5.97 Å². The number of nitrogens with two attached hydrogens (primary N) is 1. The molecule has 0 spiro atoms. The number of carbonyl (C=O) groups is 1. The third-order valence-electron chi connectivity index (χ3n) is 2.34. The molecule has 0 radical (unpaired) electrons. The lowest BCUT2D eigenvalue weighted by Crippen LogP contribution is -2.32. The van der Waals surface area contributed by atoms with E-state index in [1.807, 2.05) is 0 Å². The largest absolute Gasteiger partial charge is 0.464 e. The molecule has 0 bridgehead atoms. The van der Waals surface area contributed by atoms with E-state index in [-0.39, 0.29) is 24.6 Å². The van der Waals surface area contributed by atoms with Crippen LogP contribution >= 0.6 is 12.4 Å². The number of benzene rings is 1. The van der Waals surface area contributed by atoms with Gasteiger partial charge in [-0.1, -0.05) is 17.7 Å². The Bertz CT molecular complexity index is 415. The van der Waals surface area contributed by atoms with Crippen LogP contribution in [0, 0.1) is 12.7 Å². The Morgan fingerprint density at radius 1 is 1.50 bits per heavy atom. The fourth-order valence-electron chi connectivity index (χ4n) is 1.44. The van der Waals surface area contributed by atoms with E-state index in [2.05, 4.69) is 4.74 Å². The molecule has 0 fully saturated rings. The number of halogens is 3. The molecule has 0 saturated carbocycles. The summed E-state index contributed by atoms with van der Waals surface area (Å²) >= 11 is 0. The van der Waals surface area contributed by atoms with Crippen LogP contribution in [0.5, 0.6) is 0 Å². The fraction of sp³-hybridized carbons (Fsp3) is 0.417. The van der Waals surface area contributed by atoms with E-state index in [0.717, 1.165) is 5.56 Å². The molecule has 6 heteroatoms. The summed E-state index contributed by atoms with van der Waals surface area (Å²) in [6.07, 6.45) is -2.06. The number of ether oxygens (including phenoxy) is 1. The molecule has 1 aromatic carbocycles. The molecule has 0 aliphatic rings. The number of aryl methyl sites for hydroxylation is 1. The average Bonchev–Trinajstić information content (AvgIpc) is 2.30. The smallest absolute Gasteiger partial charge is 0.342 e. The molecule has 2 atom stereocenters. The van der Waals surface area contributed by atoms with Crippen LogP contribution in [0.3, 0.4) is 0 Å². The Kier molecular flexibility index (Phi) is 6.80. The molecule has 1 aromatic rings. The van der Waals surface area contributed by atoms with E-state index in [9.17, 15) is 13.6 Å². The zero-order valence-electron chi connectivity index (χ0n) is 10.2. The van der Waals surface area contributed by atoms with Gasteiger partial charge in [0.15, 0.2) is 0 Å². The molecule has 0 aromatic heterocycles. The van der Waals surface area contributed by atoms with Crippen molar-refractivity contribution in [3.8, 4) is 0 Å². The maximum absolute atomic E-state index is 13.6. The number of alkyl halides is 1. The first-order valence-corrected chi connectivity index (χ1v) is 5.29. The minimum absolute atomic E-state index is 0. The molecule has 1 rings (SSSR count). The highest BCUT2D eigenvalue weighted by Gasteiger charge is 2.29. The molecule has 0 heterocycles. The molecular weight excluding hydrogens is 264 g/mol. The molecule has 0 aliphatic heterocycles. The van der Waals surface area contributed by atoms with E-state index >= 15 is 0 Å². The molecule has 102 valence electrons. The highest BCUT2D eigenvalue weighted by atomic mass is 35.5. The van der Waals surface area contributed by atoms with Gasteiger partial charge in [0, 0.05) is 5.56 Å². The second kappa shape index (κ2) is 7.28. The molecule has 1 unspecified atom stereocenters. The molecule has 3 nitrogen and oxygen atoms in total. The van der Waals surface area contributed by atoms with E-state index < -0.39 is 24.0 Å². The van der Waals surface area contributed by atoms with Crippen molar-refractivity contribution in [2.75, 3.05) is 6.61 Å². The second-order valence-corrected chi connectivity index (χ2v) is 3.70. The lowest BCUT2D eigenvalue weighted by Gasteiger charge is -2.16. The first-order chi connectivity index (χ1) is 7.97. The summed E-state index contributed by atoms with van der Waals surface area (Å²) < 4.78 is 31.5. The van der Waals surface area contributed by atoms with Crippen LogP contribution in [-0.2, 0) is 9.53 Å². The normalized spacial score (nSPS) is 13.4. The molecule has 18 heavy (non-hydrogen) atoms. The predicted molar refractivity (Wildman–Crippen MR) is 66.8 cm³/mol. The lowest BCUT2D eigenvalue weighted by molar-refractivity contribution is -0.149. The molecular formula is C12H16ClF2NO2. The van der Waals surface area contributed by atoms with Crippen molar-refractivity contribution >= 4 is 18.4 Å². The Labute approximate surface area is 111 Å². The molecule has 0 saturated heterocycles. The van der Waals surface area contributed by atoms with Crippen molar-refractivity contribution in [2.24, 2.45) is 5.73 Å². The number of rotatable bonds is 4. The van der Waals surface area contributed by atoms with Crippen LogP contribution in [0.2, 0.25) is 0 Å². The van der Waals surface area contributed by atoms with Crippen LogP contribution in [0.1, 0.15) is 24.1 Å². The summed E-state index contributed by atoms with van der Waals surface area (Å²) in [6, 6.07) is 2.81. The zero-order chi connectivity index (χ0) is 13.0.